The van der Waals surface area contributed by atoms with Gasteiger partial charge in [-0.25, -0.2) is 0 Å². The van der Waals surface area contributed by atoms with E-state index in [1.54, 1.807) is 0 Å². The molecule has 0 aromatic heterocycles. The number of imide groups is 1. The number of thiol groups is 1. The summed E-state index contributed by atoms with van der Waals surface area (Å²) in [6.07, 6.45) is 0.478. The van der Waals surface area contributed by atoms with Gasteiger partial charge in [-0.15, -0.1) is 0 Å². The minimum absolute atomic E-state index is 0.126. The van der Waals surface area contributed by atoms with Crippen molar-refractivity contribution < 1.29 is 19.2 Å². The van der Waals surface area contributed by atoms with E-state index in [4.69, 9.17) is 0 Å². The van der Waals surface area contributed by atoms with Crippen molar-refractivity contribution in [3.05, 3.63) is 0 Å². The second-order valence-corrected chi connectivity index (χ2v) is 4.69. The van der Waals surface area contributed by atoms with E-state index in [1.807, 2.05) is 0 Å². The zero-order valence-corrected chi connectivity index (χ0v) is 11.7. The number of likely N-dealkylation sites (N-methyl/N-ethyl adjacent to an activating group) is 1. The third kappa shape index (κ3) is 3.95. The molecule has 4 amide bonds. The third-order valence-electron chi connectivity index (χ3n) is 2.84. The largest absolute Gasteiger partial charge is 0.344 e. The molecular weight excluding hydrogens is 270 g/mol. The first-order chi connectivity index (χ1) is 8.86. The Morgan fingerprint density at radius 1 is 1.47 bits per heavy atom. The van der Waals surface area contributed by atoms with Gasteiger partial charge in [-0.2, -0.15) is 12.6 Å². The topological polar surface area (TPSA) is 95.6 Å². The molecule has 7 nitrogen and oxygen atoms in total. The summed E-state index contributed by atoms with van der Waals surface area (Å²) in [4.78, 5) is 46.9. The van der Waals surface area contributed by atoms with E-state index in [9.17, 15) is 19.2 Å². The number of hydrogen-bond donors (Lipinski definition) is 3. The van der Waals surface area contributed by atoms with Crippen LogP contribution in [0, 0.1) is 0 Å². The molecule has 0 saturated carbocycles. The van der Waals surface area contributed by atoms with Crippen LogP contribution < -0.4 is 10.6 Å². The quantitative estimate of drug-likeness (QED) is 0.442. The summed E-state index contributed by atoms with van der Waals surface area (Å²) in [7, 11) is 1.38. The molecule has 19 heavy (non-hydrogen) atoms. The summed E-state index contributed by atoms with van der Waals surface area (Å²) >= 11 is 3.98. The average Bonchev–Trinajstić information content (AvgIpc) is 2.36. The fourth-order valence-corrected chi connectivity index (χ4v) is 2.02. The Morgan fingerprint density at radius 3 is 2.63 bits per heavy atom. The lowest BCUT2D eigenvalue weighted by Gasteiger charge is -2.29. The van der Waals surface area contributed by atoms with E-state index in [1.165, 1.54) is 14.0 Å². The molecular formula is C11H17N3O4S. The Kier molecular flexibility index (Phi) is 5.34. The maximum atomic E-state index is 11.9. The minimum Gasteiger partial charge on any atom is -0.344 e. The molecule has 0 aromatic carbocycles. The van der Waals surface area contributed by atoms with Crippen LogP contribution in [0.3, 0.4) is 0 Å². The maximum absolute atomic E-state index is 11.9. The van der Waals surface area contributed by atoms with Gasteiger partial charge in [-0.05, 0) is 6.42 Å². The maximum Gasteiger partial charge on any atom is 0.251 e. The van der Waals surface area contributed by atoms with Gasteiger partial charge in [0, 0.05) is 26.1 Å². The highest BCUT2D eigenvalue weighted by atomic mass is 32.1. The number of hydrogen-bond acceptors (Lipinski definition) is 5. The monoisotopic (exact) mass is 287 g/mol. The zero-order valence-electron chi connectivity index (χ0n) is 10.8. The average molecular weight is 287 g/mol. The van der Waals surface area contributed by atoms with Crippen molar-refractivity contribution in [1.29, 1.82) is 0 Å². The number of carbonyl (C=O) groups is 4. The van der Waals surface area contributed by atoms with Crippen molar-refractivity contribution >= 4 is 36.3 Å². The van der Waals surface area contributed by atoms with Crippen molar-refractivity contribution in [2.24, 2.45) is 0 Å². The Labute approximate surface area is 116 Å². The van der Waals surface area contributed by atoms with E-state index in [-0.39, 0.29) is 30.4 Å². The van der Waals surface area contributed by atoms with Gasteiger partial charge < -0.3 is 10.6 Å². The van der Waals surface area contributed by atoms with Crippen LogP contribution in [0.25, 0.3) is 0 Å². The molecule has 106 valence electrons. The van der Waals surface area contributed by atoms with E-state index < -0.39 is 23.9 Å². The Bertz CT molecular complexity index is 413. The van der Waals surface area contributed by atoms with E-state index >= 15 is 0 Å². The molecule has 8 heteroatoms. The second kappa shape index (κ2) is 6.55. The Balaban J connectivity index is 2.63. The number of amides is 4. The second-order valence-electron chi connectivity index (χ2n) is 4.33. The Hall–Kier alpha value is -1.57. The van der Waals surface area contributed by atoms with Crippen LogP contribution >= 0.6 is 12.6 Å². The Morgan fingerprint density at radius 2 is 2.11 bits per heavy atom. The summed E-state index contributed by atoms with van der Waals surface area (Å²) in [5.41, 5.74) is 0. The minimum atomic E-state index is -0.795. The van der Waals surface area contributed by atoms with Crippen LogP contribution in [-0.4, -0.2) is 53.4 Å². The summed E-state index contributed by atoms with van der Waals surface area (Å²) in [6, 6.07) is -1.53. The summed E-state index contributed by atoms with van der Waals surface area (Å²) in [6.45, 7) is 1.29. The van der Waals surface area contributed by atoms with Crippen molar-refractivity contribution in [2.45, 2.75) is 31.8 Å². The lowest BCUT2D eigenvalue weighted by Crippen LogP contribution is -2.57. The van der Waals surface area contributed by atoms with Crippen molar-refractivity contribution in [3.63, 3.8) is 0 Å². The number of nitrogens with zero attached hydrogens (tertiary/aromatic N) is 1. The molecule has 1 rings (SSSR count). The summed E-state index contributed by atoms with van der Waals surface area (Å²) in [5.74, 6) is -1.41. The van der Waals surface area contributed by atoms with E-state index in [0.29, 0.717) is 0 Å². The summed E-state index contributed by atoms with van der Waals surface area (Å²) < 4.78 is 0. The molecule has 1 fully saturated rings. The molecule has 0 aliphatic carbocycles. The first-order valence-corrected chi connectivity index (χ1v) is 6.48. The third-order valence-corrected chi connectivity index (χ3v) is 3.21. The zero-order chi connectivity index (χ0) is 14.6. The molecule has 2 unspecified atom stereocenters. The lowest BCUT2D eigenvalue weighted by atomic mass is 10.0. The predicted molar refractivity (Wildman–Crippen MR) is 70.4 cm³/mol. The SMILES string of the molecule is CC(=O)NC(CS)C(=O)NC1CCC(=O)N(C)C1=O. The first-order valence-electron chi connectivity index (χ1n) is 5.85. The van der Waals surface area contributed by atoms with Crippen LogP contribution in [0.4, 0.5) is 0 Å². The fourth-order valence-electron chi connectivity index (χ4n) is 1.76. The standard InChI is InChI=1S/C11H17N3O4S/c1-6(15)12-8(5-19)10(17)13-7-3-4-9(16)14(2)11(7)18/h7-8,19H,3-5H2,1-2H3,(H,12,15)(H,13,17). The highest BCUT2D eigenvalue weighted by Gasteiger charge is 2.33. The molecule has 0 spiro atoms. The van der Waals surface area contributed by atoms with Gasteiger partial charge in [0.25, 0.3) is 5.91 Å². The van der Waals surface area contributed by atoms with Gasteiger partial charge >= 0.3 is 0 Å². The van der Waals surface area contributed by atoms with Crippen LogP contribution in [0.5, 0.6) is 0 Å². The number of piperidine rings is 1. The van der Waals surface area contributed by atoms with Gasteiger partial charge in [-0.3, -0.25) is 24.1 Å². The molecule has 0 aromatic rings. The highest BCUT2D eigenvalue weighted by molar-refractivity contribution is 7.80. The van der Waals surface area contributed by atoms with E-state index in [0.717, 1.165) is 4.90 Å². The molecule has 2 N–H and O–H groups in total. The highest BCUT2D eigenvalue weighted by Crippen LogP contribution is 2.11. The molecule has 0 bridgehead atoms. The lowest BCUT2D eigenvalue weighted by molar-refractivity contribution is -0.149. The molecule has 1 saturated heterocycles. The number of carbonyl (C=O) groups excluding carboxylic acids is 4. The number of rotatable bonds is 4. The number of nitrogens with one attached hydrogen (secondary N) is 2. The van der Waals surface area contributed by atoms with Crippen LogP contribution in [0.1, 0.15) is 19.8 Å². The molecule has 1 heterocycles. The molecule has 1 aliphatic rings. The van der Waals surface area contributed by atoms with Gasteiger partial charge in [0.15, 0.2) is 0 Å². The van der Waals surface area contributed by atoms with Crippen LogP contribution in [-0.2, 0) is 19.2 Å². The van der Waals surface area contributed by atoms with Gasteiger partial charge in [0.2, 0.25) is 17.7 Å². The molecule has 0 radical (unpaired) electrons. The van der Waals surface area contributed by atoms with Gasteiger partial charge in [0.05, 0.1) is 0 Å². The van der Waals surface area contributed by atoms with Gasteiger partial charge in [0.1, 0.15) is 12.1 Å². The van der Waals surface area contributed by atoms with E-state index in [2.05, 4.69) is 23.3 Å². The molecule has 1 aliphatic heterocycles. The summed E-state index contributed by atoms with van der Waals surface area (Å²) in [5, 5.41) is 4.96. The predicted octanol–water partition coefficient (Wildman–Crippen LogP) is -1.32. The number of likely N-dealkylation sites (tertiary alicyclic amines) is 1. The first kappa shape index (κ1) is 15.5. The normalized spacial score (nSPS) is 21.0. The fraction of sp³-hybridized carbons (Fsp3) is 0.636. The van der Waals surface area contributed by atoms with Crippen molar-refractivity contribution in [2.75, 3.05) is 12.8 Å². The van der Waals surface area contributed by atoms with Crippen molar-refractivity contribution in [1.82, 2.24) is 15.5 Å². The van der Waals surface area contributed by atoms with Crippen LogP contribution in [0.15, 0.2) is 0 Å². The smallest absolute Gasteiger partial charge is 0.251 e. The van der Waals surface area contributed by atoms with Gasteiger partial charge in [-0.1, -0.05) is 0 Å². The van der Waals surface area contributed by atoms with Crippen LogP contribution in [0.2, 0.25) is 0 Å². The molecule has 2 atom stereocenters. The van der Waals surface area contributed by atoms with Crippen molar-refractivity contribution in [3.8, 4) is 0 Å².